The highest BCUT2D eigenvalue weighted by Gasteiger charge is 2.20. The monoisotopic (exact) mass is 337 g/mol. The summed E-state index contributed by atoms with van der Waals surface area (Å²) in [6.45, 7) is 0.913. The van der Waals surface area contributed by atoms with E-state index in [-0.39, 0.29) is 24.0 Å². The number of hydrogen-bond donors (Lipinski definition) is 2. The van der Waals surface area contributed by atoms with Crippen LogP contribution >= 0.6 is 24.0 Å². The smallest absolute Gasteiger partial charge is 0.188 e. The lowest BCUT2D eigenvalue weighted by atomic mass is 9.96. The molecule has 0 bridgehead atoms. The van der Waals surface area contributed by atoms with Gasteiger partial charge in [-0.1, -0.05) is 32.1 Å². The first-order valence-electron chi connectivity index (χ1n) is 6.41. The van der Waals surface area contributed by atoms with Crippen molar-refractivity contribution in [3.63, 3.8) is 0 Å². The molecule has 0 amide bonds. The molecule has 2 fully saturated rings. The van der Waals surface area contributed by atoms with E-state index in [9.17, 15) is 0 Å². The van der Waals surface area contributed by atoms with Crippen LogP contribution in [0.1, 0.15) is 51.4 Å². The van der Waals surface area contributed by atoms with Crippen molar-refractivity contribution >= 4 is 29.9 Å². The zero-order valence-electron chi connectivity index (χ0n) is 9.95. The van der Waals surface area contributed by atoms with E-state index >= 15 is 0 Å². The van der Waals surface area contributed by atoms with Gasteiger partial charge in [-0.15, -0.1) is 24.0 Å². The number of aliphatic imine (C=N–C) groups is 1. The lowest BCUT2D eigenvalue weighted by Crippen LogP contribution is -2.41. The van der Waals surface area contributed by atoms with Crippen molar-refractivity contribution in [3.8, 4) is 0 Å². The first kappa shape index (κ1) is 14.1. The highest BCUT2D eigenvalue weighted by atomic mass is 127. The Labute approximate surface area is 116 Å². The summed E-state index contributed by atoms with van der Waals surface area (Å²) in [4.78, 5) is 4.38. The van der Waals surface area contributed by atoms with Crippen LogP contribution in [0.2, 0.25) is 0 Å². The molecule has 0 spiro atoms. The molecular formula is C12H24IN3. The van der Waals surface area contributed by atoms with Gasteiger partial charge < -0.3 is 11.1 Å². The van der Waals surface area contributed by atoms with E-state index in [4.69, 9.17) is 5.73 Å². The SMILES string of the molecule is I.NC(=NCCC1CC1)NC1CCCCC1. The van der Waals surface area contributed by atoms with Crippen LogP contribution in [0, 0.1) is 5.92 Å². The Morgan fingerprint density at radius 3 is 2.44 bits per heavy atom. The molecule has 2 saturated carbocycles. The predicted molar refractivity (Wildman–Crippen MR) is 79.3 cm³/mol. The third kappa shape index (κ3) is 5.37. The molecule has 2 rings (SSSR count). The number of nitrogens with one attached hydrogen (secondary N) is 1. The molecule has 0 aromatic heterocycles. The summed E-state index contributed by atoms with van der Waals surface area (Å²) in [6, 6.07) is 0.587. The number of nitrogens with zero attached hydrogens (tertiary/aromatic N) is 1. The van der Waals surface area contributed by atoms with Gasteiger partial charge in [0.1, 0.15) is 0 Å². The second-order valence-electron chi connectivity index (χ2n) is 4.98. The van der Waals surface area contributed by atoms with Gasteiger partial charge >= 0.3 is 0 Å². The minimum absolute atomic E-state index is 0. The van der Waals surface area contributed by atoms with Crippen LogP contribution in [0.15, 0.2) is 4.99 Å². The van der Waals surface area contributed by atoms with Gasteiger partial charge in [-0.25, -0.2) is 0 Å². The molecule has 3 nitrogen and oxygen atoms in total. The fraction of sp³-hybridized carbons (Fsp3) is 0.917. The van der Waals surface area contributed by atoms with Gasteiger partial charge in [0.2, 0.25) is 0 Å². The maximum atomic E-state index is 5.85. The predicted octanol–water partition coefficient (Wildman–Crippen LogP) is 2.64. The summed E-state index contributed by atoms with van der Waals surface area (Å²) in [5.74, 6) is 1.62. The molecular weight excluding hydrogens is 313 g/mol. The zero-order valence-corrected chi connectivity index (χ0v) is 12.3. The Kier molecular flexibility index (Phi) is 6.46. The molecule has 2 aliphatic rings. The minimum Gasteiger partial charge on any atom is -0.370 e. The van der Waals surface area contributed by atoms with Crippen molar-refractivity contribution in [2.24, 2.45) is 16.6 Å². The highest BCUT2D eigenvalue weighted by molar-refractivity contribution is 14.0. The second kappa shape index (κ2) is 7.35. The Morgan fingerprint density at radius 2 is 1.81 bits per heavy atom. The third-order valence-corrected chi connectivity index (χ3v) is 3.47. The minimum atomic E-state index is 0. The number of nitrogens with two attached hydrogens (primary N) is 1. The maximum Gasteiger partial charge on any atom is 0.188 e. The molecule has 94 valence electrons. The van der Waals surface area contributed by atoms with Crippen LogP contribution in [0.25, 0.3) is 0 Å². The van der Waals surface area contributed by atoms with Crippen LogP contribution in [-0.2, 0) is 0 Å². The molecule has 0 unspecified atom stereocenters. The Balaban J connectivity index is 0.00000128. The average molecular weight is 337 g/mol. The van der Waals surface area contributed by atoms with Crippen molar-refractivity contribution in [1.29, 1.82) is 0 Å². The second-order valence-corrected chi connectivity index (χ2v) is 4.98. The molecule has 0 aromatic rings. The molecule has 4 heteroatoms. The van der Waals surface area contributed by atoms with Gasteiger partial charge in [-0.2, -0.15) is 0 Å². The van der Waals surface area contributed by atoms with E-state index < -0.39 is 0 Å². The van der Waals surface area contributed by atoms with E-state index in [1.807, 2.05) is 0 Å². The molecule has 0 aromatic carbocycles. The highest BCUT2D eigenvalue weighted by Crippen LogP contribution is 2.32. The molecule has 16 heavy (non-hydrogen) atoms. The van der Waals surface area contributed by atoms with Crippen molar-refractivity contribution in [1.82, 2.24) is 5.32 Å². The van der Waals surface area contributed by atoms with Crippen LogP contribution in [0.4, 0.5) is 0 Å². The van der Waals surface area contributed by atoms with Crippen LogP contribution in [0.3, 0.4) is 0 Å². The lowest BCUT2D eigenvalue weighted by molar-refractivity contribution is 0.412. The summed E-state index contributed by atoms with van der Waals surface area (Å²) >= 11 is 0. The Hall–Kier alpha value is 0. The fourth-order valence-electron chi connectivity index (χ4n) is 2.28. The van der Waals surface area contributed by atoms with Gasteiger partial charge in [0.15, 0.2) is 5.96 Å². The maximum absolute atomic E-state index is 5.85. The lowest BCUT2D eigenvalue weighted by Gasteiger charge is -2.23. The fourth-order valence-corrected chi connectivity index (χ4v) is 2.28. The van der Waals surface area contributed by atoms with E-state index in [1.165, 1.54) is 51.4 Å². The standard InChI is InChI=1S/C12H23N3.HI/c13-12(14-9-8-10-6-7-10)15-11-4-2-1-3-5-11;/h10-11H,1-9H2,(H3,13,14,15);1H. The zero-order chi connectivity index (χ0) is 10.5. The van der Waals surface area contributed by atoms with Gasteiger partial charge in [0.05, 0.1) is 0 Å². The van der Waals surface area contributed by atoms with Gasteiger partial charge in [0.25, 0.3) is 0 Å². The Morgan fingerprint density at radius 1 is 1.12 bits per heavy atom. The first-order chi connectivity index (χ1) is 7.34. The largest absolute Gasteiger partial charge is 0.370 e. The van der Waals surface area contributed by atoms with Crippen LogP contribution in [0.5, 0.6) is 0 Å². The van der Waals surface area contributed by atoms with Gasteiger partial charge in [-0.3, -0.25) is 4.99 Å². The summed E-state index contributed by atoms with van der Waals surface area (Å²) in [5, 5.41) is 3.34. The summed E-state index contributed by atoms with van der Waals surface area (Å²) in [6.07, 6.45) is 10.6. The average Bonchev–Trinajstić information content (AvgIpc) is 3.03. The normalized spacial score (nSPS) is 22.6. The Bertz CT molecular complexity index is 220. The topological polar surface area (TPSA) is 50.4 Å². The number of hydrogen-bond acceptors (Lipinski definition) is 1. The molecule has 0 heterocycles. The number of guanidine groups is 1. The summed E-state index contributed by atoms with van der Waals surface area (Å²) in [7, 11) is 0. The van der Waals surface area contributed by atoms with Crippen LogP contribution < -0.4 is 11.1 Å². The molecule has 2 aliphatic carbocycles. The number of halogens is 1. The van der Waals surface area contributed by atoms with E-state index in [0.717, 1.165) is 12.5 Å². The van der Waals surface area contributed by atoms with E-state index in [0.29, 0.717) is 12.0 Å². The number of rotatable bonds is 4. The molecule has 0 aliphatic heterocycles. The van der Waals surface area contributed by atoms with Gasteiger partial charge in [-0.05, 0) is 25.2 Å². The third-order valence-electron chi connectivity index (χ3n) is 3.47. The van der Waals surface area contributed by atoms with E-state index in [1.54, 1.807) is 0 Å². The molecule has 3 N–H and O–H groups in total. The molecule has 0 atom stereocenters. The van der Waals surface area contributed by atoms with Crippen molar-refractivity contribution in [3.05, 3.63) is 0 Å². The quantitative estimate of drug-likeness (QED) is 0.471. The van der Waals surface area contributed by atoms with Crippen LogP contribution in [-0.4, -0.2) is 18.5 Å². The van der Waals surface area contributed by atoms with Crippen molar-refractivity contribution in [2.45, 2.75) is 57.4 Å². The van der Waals surface area contributed by atoms with Crippen molar-refractivity contribution < 1.29 is 0 Å². The van der Waals surface area contributed by atoms with Crippen molar-refractivity contribution in [2.75, 3.05) is 6.54 Å². The first-order valence-corrected chi connectivity index (χ1v) is 6.41. The summed E-state index contributed by atoms with van der Waals surface area (Å²) < 4.78 is 0. The van der Waals surface area contributed by atoms with E-state index in [2.05, 4.69) is 10.3 Å². The molecule has 0 saturated heterocycles. The van der Waals surface area contributed by atoms with Gasteiger partial charge in [0, 0.05) is 12.6 Å². The summed E-state index contributed by atoms with van der Waals surface area (Å²) in [5.41, 5.74) is 5.85. The molecule has 0 radical (unpaired) electrons.